The topological polar surface area (TPSA) is 67.8 Å². The van der Waals surface area contributed by atoms with Crippen LogP contribution in [0, 0.1) is 0 Å². The second-order valence-electron chi connectivity index (χ2n) is 6.35. The van der Waals surface area contributed by atoms with Gasteiger partial charge in [-0.25, -0.2) is 4.79 Å². The summed E-state index contributed by atoms with van der Waals surface area (Å²) in [5, 5.41) is 11.5. The summed E-state index contributed by atoms with van der Waals surface area (Å²) in [7, 11) is 1.68. The number of methoxy groups -OCH3 is 1. The predicted molar refractivity (Wildman–Crippen MR) is 98.1 cm³/mol. The molecular weight excluding hydrogens is 318 g/mol. The molecule has 2 N–H and O–H groups in total. The summed E-state index contributed by atoms with van der Waals surface area (Å²) < 4.78 is 10.7. The lowest BCUT2D eigenvalue weighted by Crippen LogP contribution is -2.39. The van der Waals surface area contributed by atoms with Gasteiger partial charge in [-0.1, -0.05) is 36.4 Å². The second kappa shape index (κ2) is 8.53. The molecule has 0 saturated heterocycles. The largest absolute Gasteiger partial charge is 0.494 e. The van der Waals surface area contributed by atoms with E-state index in [1.54, 1.807) is 7.11 Å². The third-order valence-electron chi connectivity index (χ3n) is 3.98. The van der Waals surface area contributed by atoms with Crippen LogP contribution in [0.15, 0.2) is 48.5 Å². The van der Waals surface area contributed by atoms with Crippen LogP contribution in [0.1, 0.15) is 25.8 Å². The highest BCUT2D eigenvalue weighted by molar-refractivity contribution is 5.67. The standard InChI is InChI=1S/C20H25NO4/c1-20(2,21-19(22)23)17-9-5-15(6-10-17)16-7-11-18(12-8-16)25-14-4-13-24-3/h5-12,21H,4,13-14H2,1-3H3,(H,22,23). The number of carbonyl (C=O) groups is 1. The van der Waals surface area contributed by atoms with Crippen molar-refractivity contribution in [3.63, 3.8) is 0 Å². The van der Waals surface area contributed by atoms with E-state index in [4.69, 9.17) is 14.6 Å². The van der Waals surface area contributed by atoms with Crippen LogP contribution in [0.2, 0.25) is 0 Å². The number of carboxylic acid groups (broad SMARTS) is 1. The molecule has 134 valence electrons. The lowest BCUT2D eigenvalue weighted by atomic mass is 9.92. The van der Waals surface area contributed by atoms with Gasteiger partial charge in [-0.15, -0.1) is 0 Å². The summed E-state index contributed by atoms with van der Waals surface area (Å²) in [5.41, 5.74) is 2.43. The molecule has 2 rings (SSSR count). The molecule has 25 heavy (non-hydrogen) atoms. The van der Waals surface area contributed by atoms with Gasteiger partial charge in [0.05, 0.1) is 12.1 Å². The minimum atomic E-state index is -1.03. The first-order valence-electron chi connectivity index (χ1n) is 8.26. The SMILES string of the molecule is COCCCOc1ccc(-c2ccc(C(C)(C)NC(=O)O)cc2)cc1. The lowest BCUT2D eigenvalue weighted by molar-refractivity contribution is 0.172. The highest BCUT2D eigenvalue weighted by Gasteiger charge is 2.22. The van der Waals surface area contributed by atoms with Crippen molar-refractivity contribution in [1.82, 2.24) is 5.32 Å². The third-order valence-corrected chi connectivity index (χ3v) is 3.98. The number of amides is 1. The number of hydrogen-bond acceptors (Lipinski definition) is 3. The molecule has 0 aromatic heterocycles. The first kappa shape index (κ1) is 18.8. The van der Waals surface area contributed by atoms with Crippen LogP contribution in [-0.2, 0) is 10.3 Å². The number of rotatable bonds is 8. The van der Waals surface area contributed by atoms with E-state index in [9.17, 15) is 4.79 Å². The summed E-state index contributed by atoms with van der Waals surface area (Å²) in [6, 6.07) is 15.8. The Morgan fingerprint density at radius 3 is 2.08 bits per heavy atom. The van der Waals surface area contributed by atoms with Crippen LogP contribution in [0.5, 0.6) is 5.75 Å². The Morgan fingerprint density at radius 2 is 1.56 bits per heavy atom. The zero-order valence-electron chi connectivity index (χ0n) is 14.9. The normalized spacial score (nSPS) is 11.2. The first-order chi connectivity index (χ1) is 11.9. The van der Waals surface area contributed by atoms with Crippen LogP contribution in [-0.4, -0.2) is 31.5 Å². The smallest absolute Gasteiger partial charge is 0.405 e. The Labute approximate surface area is 148 Å². The minimum absolute atomic E-state index is 0.632. The average molecular weight is 343 g/mol. The number of nitrogens with one attached hydrogen (secondary N) is 1. The van der Waals surface area contributed by atoms with Crippen LogP contribution in [0.3, 0.4) is 0 Å². The first-order valence-corrected chi connectivity index (χ1v) is 8.26. The molecule has 1 amide bonds. The van der Waals surface area contributed by atoms with E-state index in [1.165, 1.54) is 0 Å². The van der Waals surface area contributed by atoms with Crippen molar-refractivity contribution in [1.29, 1.82) is 0 Å². The average Bonchev–Trinajstić information content (AvgIpc) is 2.58. The van der Waals surface area contributed by atoms with Crippen molar-refractivity contribution in [3.8, 4) is 16.9 Å². The molecule has 5 nitrogen and oxygen atoms in total. The minimum Gasteiger partial charge on any atom is -0.494 e. The zero-order valence-corrected chi connectivity index (χ0v) is 14.9. The van der Waals surface area contributed by atoms with E-state index in [-0.39, 0.29) is 0 Å². The van der Waals surface area contributed by atoms with Gasteiger partial charge in [-0.05, 0) is 42.7 Å². The third kappa shape index (κ3) is 5.50. The molecule has 0 fully saturated rings. The van der Waals surface area contributed by atoms with Crippen molar-refractivity contribution < 1.29 is 19.4 Å². The van der Waals surface area contributed by atoms with Crippen molar-refractivity contribution in [3.05, 3.63) is 54.1 Å². The molecule has 0 aliphatic carbocycles. The number of benzene rings is 2. The second-order valence-corrected chi connectivity index (χ2v) is 6.35. The molecule has 2 aromatic rings. The molecule has 0 atom stereocenters. The van der Waals surface area contributed by atoms with Crippen LogP contribution >= 0.6 is 0 Å². The van der Waals surface area contributed by atoms with Crippen molar-refractivity contribution >= 4 is 6.09 Å². The molecule has 0 unspecified atom stereocenters. The number of hydrogen-bond donors (Lipinski definition) is 2. The van der Waals surface area contributed by atoms with E-state index >= 15 is 0 Å². The van der Waals surface area contributed by atoms with E-state index in [1.807, 2.05) is 62.4 Å². The molecule has 2 aromatic carbocycles. The van der Waals surface area contributed by atoms with Gasteiger partial charge < -0.3 is 19.9 Å². The fraction of sp³-hybridized carbons (Fsp3) is 0.350. The Balaban J connectivity index is 2.03. The van der Waals surface area contributed by atoms with Crippen molar-refractivity contribution in [2.24, 2.45) is 0 Å². The summed E-state index contributed by atoms with van der Waals surface area (Å²) in [4.78, 5) is 10.9. The Bertz CT molecular complexity index is 678. The van der Waals surface area contributed by atoms with Gasteiger partial charge in [0.2, 0.25) is 0 Å². The van der Waals surface area contributed by atoms with Crippen LogP contribution < -0.4 is 10.1 Å². The molecule has 0 heterocycles. The Hall–Kier alpha value is -2.53. The predicted octanol–water partition coefficient (Wildman–Crippen LogP) is 4.27. The summed E-state index contributed by atoms with van der Waals surface area (Å²) in [6.07, 6.45) is -0.171. The summed E-state index contributed by atoms with van der Waals surface area (Å²) in [6.45, 7) is 5.00. The number of ether oxygens (including phenoxy) is 2. The molecule has 0 aliphatic heterocycles. The molecule has 0 radical (unpaired) electrons. The van der Waals surface area contributed by atoms with Gasteiger partial charge >= 0.3 is 6.09 Å². The van der Waals surface area contributed by atoms with Gasteiger partial charge in [0.15, 0.2) is 0 Å². The fourth-order valence-corrected chi connectivity index (χ4v) is 2.56. The van der Waals surface area contributed by atoms with E-state index in [2.05, 4.69) is 5.32 Å². The molecule has 0 saturated carbocycles. The molecule has 0 spiro atoms. The monoisotopic (exact) mass is 343 g/mol. The van der Waals surface area contributed by atoms with Gasteiger partial charge in [-0.2, -0.15) is 0 Å². The van der Waals surface area contributed by atoms with Gasteiger partial charge in [0.1, 0.15) is 5.75 Å². The fourth-order valence-electron chi connectivity index (χ4n) is 2.56. The highest BCUT2D eigenvalue weighted by Crippen LogP contribution is 2.26. The van der Waals surface area contributed by atoms with E-state index < -0.39 is 11.6 Å². The van der Waals surface area contributed by atoms with E-state index in [0.29, 0.717) is 13.2 Å². The van der Waals surface area contributed by atoms with Crippen molar-refractivity contribution in [2.45, 2.75) is 25.8 Å². The quantitative estimate of drug-likeness (QED) is 0.702. The molecule has 5 heteroatoms. The van der Waals surface area contributed by atoms with Crippen LogP contribution in [0.25, 0.3) is 11.1 Å². The summed E-state index contributed by atoms with van der Waals surface area (Å²) in [5.74, 6) is 0.836. The van der Waals surface area contributed by atoms with Gasteiger partial charge in [0.25, 0.3) is 0 Å². The highest BCUT2D eigenvalue weighted by atomic mass is 16.5. The zero-order chi connectivity index (χ0) is 18.3. The van der Waals surface area contributed by atoms with Crippen molar-refractivity contribution in [2.75, 3.05) is 20.3 Å². The van der Waals surface area contributed by atoms with Crippen LogP contribution in [0.4, 0.5) is 4.79 Å². The Morgan fingerprint density at radius 1 is 1.00 bits per heavy atom. The maximum Gasteiger partial charge on any atom is 0.405 e. The van der Waals surface area contributed by atoms with Gasteiger partial charge in [-0.3, -0.25) is 0 Å². The lowest BCUT2D eigenvalue weighted by Gasteiger charge is -2.25. The maximum absolute atomic E-state index is 10.9. The molecular formula is C20H25NO4. The maximum atomic E-state index is 10.9. The van der Waals surface area contributed by atoms with Gasteiger partial charge in [0, 0.05) is 20.1 Å². The molecule has 0 aliphatic rings. The molecule has 0 bridgehead atoms. The van der Waals surface area contributed by atoms with E-state index in [0.717, 1.165) is 28.9 Å². The Kier molecular flexibility index (Phi) is 6.42. The summed E-state index contributed by atoms with van der Waals surface area (Å²) >= 11 is 0.